The van der Waals surface area contributed by atoms with E-state index in [1.54, 1.807) is 12.1 Å². The third kappa shape index (κ3) is 3.53. The molecule has 1 aliphatic carbocycles. The van der Waals surface area contributed by atoms with Crippen LogP contribution < -0.4 is 11.5 Å². The van der Waals surface area contributed by atoms with Gasteiger partial charge in [0.2, 0.25) is 0 Å². The summed E-state index contributed by atoms with van der Waals surface area (Å²) in [5, 5.41) is 1.71. The van der Waals surface area contributed by atoms with Gasteiger partial charge in [-0.25, -0.2) is 4.18 Å². The number of nitrogens with two attached hydrogens (primary N) is 2. The van der Waals surface area contributed by atoms with Crippen molar-refractivity contribution in [1.82, 2.24) is 0 Å². The van der Waals surface area contributed by atoms with Gasteiger partial charge in [0, 0.05) is 0 Å². The predicted octanol–water partition coefficient (Wildman–Crippen LogP) is 1.92. The number of primary amides is 1. The van der Waals surface area contributed by atoms with E-state index < -0.39 is 21.6 Å². The van der Waals surface area contributed by atoms with Crippen molar-refractivity contribution >= 4 is 26.8 Å². The van der Waals surface area contributed by atoms with Gasteiger partial charge in [0.25, 0.3) is 16.0 Å². The van der Waals surface area contributed by atoms with E-state index in [2.05, 4.69) is 0 Å². The summed E-state index contributed by atoms with van der Waals surface area (Å²) in [7, 11) is -4.11. The number of carbonyl (C=O) groups excluding carboxylic acids is 1. The van der Waals surface area contributed by atoms with E-state index >= 15 is 0 Å². The van der Waals surface area contributed by atoms with E-state index in [0.29, 0.717) is 19.4 Å². The maximum Gasteiger partial charge on any atom is 0.298 e. The lowest BCUT2D eigenvalue weighted by atomic mass is 9.78. The van der Waals surface area contributed by atoms with Crippen LogP contribution in [0.25, 0.3) is 10.8 Å². The van der Waals surface area contributed by atoms with Gasteiger partial charge in [-0.15, -0.1) is 0 Å². The molecular formula is C18H22N2O4S. The molecule has 4 N–H and O–H groups in total. The maximum atomic E-state index is 12.8. The van der Waals surface area contributed by atoms with Crippen LogP contribution in [0.1, 0.15) is 25.7 Å². The fraction of sp³-hybridized carbons (Fsp3) is 0.389. The molecule has 1 aliphatic rings. The predicted molar refractivity (Wildman–Crippen MR) is 95.2 cm³/mol. The molecule has 7 heteroatoms. The minimum Gasteiger partial charge on any atom is -0.367 e. The van der Waals surface area contributed by atoms with Gasteiger partial charge in [0.1, 0.15) is 0 Å². The van der Waals surface area contributed by atoms with Crippen LogP contribution in [0.5, 0.6) is 0 Å². The summed E-state index contributed by atoms with van der Waals surface area (Å²) < 4.78 is 30.9. The molecule has 0 aromatic heterocycles. The van der Waals surface area contributed by atoms with Crippen LogP contribution in [0.3, 0.4) is 0 Å². The molecule has 2 aromatic carbocycles. The molecule has 0 atom stereocenters. The van der Waals surface area contributed by atoms with Crippen LogP contribution in [0.4, 0.5) is 0 Å². The summed E-state index contributed by atoms with van der Waals surface area (Å²) in [4.78, 5) is 12.0. The maximum absolute atomic E-state index is 12.8. The molecule has 0 spiro atoms. The van der Waals surface area contributed by atoms with Crippen molar-refractivity contribution in [2.75, 3.05) is 6.54 Å². The fourth-order valence-electron chi connectivity index (χ4n) is 3.33. The SMILES string of the molecule is NCC1CCC(OS(=O)(=O)c2ccc3ccccc3c2)(C(N)=O)CC1. The summed E-state index contributed by atoms with van der Waals surface area (Å²) in [5.74, 6) is -0.480. The molecule has 1 amide bonds. The Bertz CT molecular complexity index is 887. The van der Waals surface area contributed by atoms with Gasteiger partial charge in [-0.3, -0.25) is 4.79 Å². The fourth-order valence-corrected chi connectivity index (χ4v) is 4.60. The van der Waals surface area contributed by atoms with E-state index in [0.717, 1.165) is 10.8 Å². The number of hydrogen-bond acceptors (Lipinski definition) is 5. The Balaban J connectivity index is 1.91. The zero-order valence-corrected chi connectivity index (χ0v) is 14.7. The Morgan fingerprint density at radius 3 is 2.36 bits per heavy atom. The van der Waals surface area contributed by atoms with Gasteiger partial charge in [0.15, 0.2) is 5.60 Å². The van der Waals surface area contributed by atoms with E-state index in [4.69, 9.17) is 15.7 Å². The lowest BCUT2D eigenvalue weighted by Crippen LogP contribution is -2.50. The molecule has 0 heterocycles. The van der Waals surface area contributed by atoms with Crippen LogP contribution in [0, 0.1) is 5.92 Å². The molecule has 25 heavy (non-hydrogen) atoms. The molecule has 6 nitrogen and oxygen atoms in total. The molecule has 0 bridgehead atoms. The van der Waals surface area contributed by atoms with Gasteiger partial charge in [-0.2, -0.15) is 8.42 Å². The first-order chi connectivity index (χ1) is 11.9. The van der Waals surface area contributed by atoms with Gasteiger partial charge in [0.05, 0.1) is 4.90 Å². The number of fused-ring (bicyclic) bond motifs is 1. The standard InChI is InChI=1S/C18H22N2O4S/c19-12-13-7-9-18(10-8-13,17(20)21)24-25(22,23)16-6-5-14-3-1-2-4-15(14)11-16/h1-6,11,13H,7-10,12,19H2,(H2,20,21). The lowest BCUT2D eigenvalue weighted by Gasteiger charge is -2.36. The Labute approximate surface area is 147 Å². The normalized spacial score (nSPS) is 24.3. The topological polar surface area (TPSA) is 112 Å². The van der Waals surface area contributed by atoms with Crippen LogP contribution in [-0.4, -0.2) is 26.5 Å². The summed E-state index contributed by atoms with van der Waals surface area (Å²) in [6, 6.07) is 12.2. The minimum atomic E-state index is -4.11. The number of rotatable bonds is 5. The monoisotopic (exact) mass is 362 g/mol. The van der Waals surface area contributed by atoms with Crippen molar-refractivity contribution in [3.05, 3.63) is 42.5 Å². The molecule has 0 unspecified atom stereocenters. The highest BCUT2D eigenvalue weighted by Crippen LogP contribution is 2.37. The zero-order chi connectivity index (χ0) is 18.1. The molecule has 2 aromatic rings. The van der Waals surface area contributed by atoms with Crippen molar-refractivity contribution in [2.45, 2.75) is 36.2 Å². The average Bonchev–Trinajstić information content (AvgIpc) is 2.61. The van der Waals surface area contributed by atoms with Crippen molar-refractivity contribution in [3.63, 3.8) is 0 Å². The van der Waals surface area contributed by atoms with Crippen molar-refractivity contribution in [2.24, 2.45) is 17.4 Å². The van der Waals surface area contributed by atoms with Crippen molar-refractivity contribution in [3.8, 4) is 0 Å². The molecule has 1 saturated carbocycles. The first-order valence-electron chi connectivity index (χ1n) is 8.31. The van der Waals surface area contributed by atoms with Gasteiger partial charge < -0.3 is 11.5 Å². The highest BCUT2D eigenvalue weighted by atomic mass is 32.2. The highest BCUT2D eigenvalue weighted by molar-refractivity contribution is 7.86. The van der Waals surface area contributed by atoms with Crippen LogP contribution >= 0.6 is 0 Å². The number of carbonyl (C=O) groups is 1. The largest absolute Gasteiger partial charge is 0.367 e. The summed E-state index contributed by atoms with van der Waals surface area (Å²) >= 11 is 0. The third-order valence-electron chi connectivity index (χ3n) is 4.97. The molecule has 0 radical (unpaired) electrons. The Morgan fingerprint density at radius 2 is 1.76 bits per heavy atom. The second-order valence-electron chi connectivity index (χ2n) is 6.58. The van der Waals surface area contributed by atoms with Crippen LogP contribution in [0.15, 0.2) is 47.4 Å². The first kappa shape index (κ1) is 17.8. The second kappa shape index (κ2) is 6.74. The zero-order valence-electron chi connectivity index (χ0n) is 13.9. The molecular weight excluding hydrogens is 340 g/mol. The number of amides is 1. The van der Waals surface area contributed by atoms with Gasteiger partial charge >= 0.3 is 0 Å². The van der Waals surface area contributed by atoms with Crippen molar-refractivity contribution < 1.29 is 17.4 Å². The third-order valence-corrected chi connectivity index (χ3v) is 6.34. The lowest BCUT2D eigenvalue weighted by molar-refractivity contribution is -0.136. The van der Waals surface area contributed by atoms with E-state index in [-0.39, 0.29) is 23.7 Å². The molecule has 0 aliphatic heterocycles. The first-order valence-corrected chi connectivity index (χ1v) is 9.71. The van der Waals surface area contributed by atoms with Crippen LogP contribution in [-0.2, 0) is 19.1 Å². The minimum absolute atomic E-state index is 0.0211. The van der Waals surface area contributed by atoms with Gasteiger partial charge in [-0.1, -0.05) is 30.3 Å². The quantitative estimate of drug-likeness (QED) is 0.789. The Kier molecular flexibility index (Phi) is 4.81. The van der Waals surface area contributed by atoms with E-state index in [1.807, 2.05) is 24.3 Å². The van der Waals surface area contributed by atoms with E-state index in [9.17, 15) is 13.2 Å². The smallest absolute Gasteiger partial charge is 0.298 e. The number of hydrogen-bond donors (Lipinski definition) is 2. The molecule has 3 rings (SSSR count). The van der Waals surface area contributed by atoms with Gasteiger partial charge in [-0.05, 0) is 61.1 Å². The highest BCUT2D eigenvalue weighted by Gasteiger charge is 2.45. The molecule has 1 fully saturated rings. The Hall–Kier alpha value is -1.96. The summed E-state index contributed by atoms with van der Waals surface area (Å²) in [6.45, 7) is 0.506. The molecule has 134 valence electrons. The van der Waals surface area contributed by atoms with E-state index in [1.165, 1.54) is 6.07 Å². The average molecular weight is 362 g/mol. The van der Waals surface area contributed by atoms with Crippen molar-refractivity contribution in [1.29, 1.82) is 0 Å². The molecule has 0 saturated heterocycles. The number of benzene rings is 2. The van der Waals surface area contributed by atoms with Crippen LogP contribution in [0.2, 0.25) is 0 Å². The summed E-state index contributed by atoms with van der Waals surface area (Å²) in [5.41, 5.74) is 9.68. The second-order valence-corrected chi connectivity index (χ2v) is 8.13. The Morgan fingerprint density at radius 1 is 1.12 bits per heavy atom. The summed E-state index contributed by atoms with van der Waals surface area (Å²) in [6.07, 6.45) is 1.76.